The highest BCUT2D eigenvalue weighted by Gasteiger charge is 2.25. The van der Waals surface area contributed by atoms with Gasteiger partial charge in [-0.1, -0.05) is 32.9 Å². The van der Waals surface area contributed by atoms with Gasteiger partial charge in [0, 0.05) is 6.54 Å². The van der Waals surface area contributed by atoms with Crippen LogP contribution in [-0.4, -0.2) is 38.1 Å². The molecule has 0 heterocycles. The Labute approximate surface area is 149 Å². The molecule has 0 aromatic heterocycles. The standard InChI is InChI=1S/C17H27N3O3.ClH/c1-11(2)15(17(22)19-10-12(3)9-18)20-16(21)13-7-5-6-8-14(13)23-4;/h5-8,11-12,15H,9-10,18H2,1-4H3,(H,19,22)(H,20,21);1H. The van der Waals surface area contributed by atoms with Gasteiger partial charge in [0.25, 0.3) is 5.91 Å². The van der Waals surface area contributed by atoms with Crippen LogP contribution < -0.4 is 21.1 Å². The summed E-state index contributed by atoms with van der Waals surface area (Å²) in [5.74, 6) is 0.0925. The molecule has 1 rings (SSSR count). The molecule has 0 aliphatic rings. The van der Waals surface area contributed by atoms with Gasteiger partial charge in [-0.15, -0.1) is 12.4 Å². The van der Waals surface area contributed by atoms with Gasteiger partial charge in [0.15, 0.2) is 0 Å². The molecule has 0 spiro atoms. The summed E-state index contributed by atoms with van der Waals surface area (Å²) in [6, 6.07) is 6.31. The third kappa shape index (κ3) is 6.37. The first-order valence-electron chi connectivity index (χ1n) is 7.82. The molecule has 6 nitrogen and oxygen atoms in total. The van der Waals surface area contributed by atoms with Crippen molar-refractivity contribution in [2.24, 2.45) is 17.6 Å². The minimum atomic E-state index is -0.614. The minimum Gasteiger partial charge on any atom is -0.496 e. The Morgan fingerprint density at radius 1 is 1.21 bits per heavy atom. The molecule has 0 aliphatic heterocycles. The molecule has 0 radical (unpaired) electrons. The smallest absolute Gasteiger partial charge is 0.255 e. The van der Waals surface area contributed by atoms with Crippen LogP contribution in [0.4, 0.5) is 0 Å². The zero-order chi connectivity index (χ0) is 17.4. The van der Waals surface area contributed by atoms with E-state index in [2.05, 4.69) is 10.6 Å². The van der Waals surface area contributed by atoms with E-state index < -0.39 is 6.04 Å². The van der Waals surface area contributed by atoms with Crippen LogP contribution in [0.15, 0.2) is 24.3 Å². The summed E-state index contributed by atoms with van der Waals surface area (Å²) in [5, 5.41) is 5.62. The number of hydrogen-bond acceptors (Lipinski definition) is 4. The fourth-order valence-electron chi connectivity index (χ4n) is 2.05. The van der Waals surface area contributed by atoms with Gasteiger partial charge in [0.2, 0.25) is 5.91 Å². The van der Waals surface area contributed by atoms with Crippen LogP contribution in [0.1, 0.15) is 31.1 Å². The number of carbonyl (C=O) groups excluding carboxylic acids is 2. The Bertz CT molecular complexity index is 538. The Hall–Kier alpha value is -1.79. The number of nitrogens with two attached hydrogens (primary N) is 1. The minimum absolute atomic E-state index is 0. The second-order valence-corrected chi connectivity index (χ2v) is 5.98. The first-order valence-corrected chi connectivity index (χ1v) is 7.82. The zero-order valence-electron chi connectivity index (χ0n) is 14.7. The number of rotatable bonds is 8. The van der Waals surface area contributed by atoms with Gasteiger partial charge in [0.1, 0.15) is 11.8 Å². The molecule has 0 saturated heterocycles. The third-order valence-corrected chi connectivity index (χ3v) is 3.61. The number of methoxy groups -OCH3 is 1. The van der Waals surface area contributed by atoms with E-state index in [-0.39, 0.29) is 36.1 Å². The first-order chi connectivity index (χ1) is 10.9. The number of ether oxygens (including phenoxy) is 1. The normalized spacial score (nSPS) is 12.8. The zero-order valence-corrected chi connectivity index (χ0v) is 15.5. The summed E-state index contributed by atoms with van der Waals surface area (Å²) in [7, 11) is 1.51. The molecule has 24 heavy (non-hydrogen) atoms. The van der Waals surface area contributed by atoms with Gasteiger partial charge in [-0.2, -0.15) is 0 Å². The highest BCUT2D eigenvalue weighted by molar-refractivity contribution is 5.99. The van der Waals surface area contributed by atoms with Crippen molar-refractivity contribution in [2.45, 2.75) is 26.8 Å². The third-order valence-electron chi connectivity index (χ3n) is 3.61. The summed E-state index contributed by atoms with van der Waals surface area (Å²) >= 11 is 0. The lowest BCUT2D eigenvalue weighted by molar-refractivity contribution is -0.124. The maximum atomic E-state index is 12.4. The number of benzene rings is 1. The number of para-hydroxylation sites is 1. The van der Waals surface area contributed by atoms with E-state index in [9.17, 15) is 9.59 Å². The van der Waals surface area contributed by atoms with Crippen molar-refractivity contribution in [2.75, 3.05) is 20.2 Å². The highest BCUT2D eigenvalue weighted by Crippen LogP contribution is 2.17. The van der Waals surface area contributed by atoms with E-state index in [1.54, 1.807) is 24.3 Å². The monoisotopic (exact) mass is 357 g/mol. The Morgan fingerprint density at radius 3 is 2.38 bits per heavy atom. The number of amides is 2. The molecule has 0 fully saturated rings. The number of nitrogens with one attached hydrogen (secondary N) is 2. The average molecular weight is 358 g/mol. The van der Waals surface area contributed by atoms with E-state index in [1.807, 2.05) is 20.8 Å². The van der Waals surface area contributed by atoms with E-state index >= 15 is 0 Å². The molecule has 136 valence electrons. The van der Waals surface area contributed by atoms with Crippen molar-refractivity contribution in [3.05, 3.63) is 29.8 Å². The van der Waals surface area contributed by atoms with Gasteiger partial charge >= 0.3 is 0 Å². The predicted molar refractivity (Wildman–Crippen MR) is 97.6 cm³/mol. The number of hydrogen-bond donors (Lipinski definition) is 3. The molecule has 0 bridgehead atoms. The van der Waals surface area contributed by atoms with Crippen molar-refractivity contribution < 1.29 is 14.3 Å². The molecule has 1 aromatic rings. The molecule has 4 N–H and O–H groups in total. The van der Waals surface area contributed by atoms with Crippen LogP contribution in [0.5, 0.6) is 5.75 Å². The summed E-state index contributed by atoms with van der Waals surface area (Å²) in [6.45, 7) is 6.72. The van der Waals surface area contributed by atoms with Crippen molar-refractivity contribution in [1.82, 2.24) is 10.6 Å². The SMILES string of the molecule is COc1ccccc1C(=O)NC(C(=O)NCC(C)CN)C(C)C.Cl. The summed E-state index contributed by atoms with van der Waals surface area (Å²) < 4.78 is 5.19. The highest BCUT2D eigenvalue weighted by atomic mass is 35.5. The van der Waals surface area contributed by atoms with Crippen LogP contribution in [0.3, 0.4) is 0 Å². The molecule has 7 heteroatoms. The molecule has 2 atom stereocenters. The molecule has 2 unspecified atom stereocenters. The van der Waals surface area contributed by atoms with Crippen molar-refractivity contribution in [1.29, 1.82) is 0 Å². The fourth-order valence-corrected chi connectivity index (χ4v) is 2.05. The van der Waals surface area contributed by atoms with Gasteiger partial charge in [-0.25, -0.2) is 0 Å². The summed E-state index contributed by atoms with van der Waals surface area (Å²) in [5.41, 5.74) is 5.95. The van der Waals surface area contributed by atoms with Crippen LogP contribution in [0.25, 0.3) is 0 Å². The topological polar surface area (TPSA) is 93.4 Å². The summed E-state index contributed by atoms with van der Waals surface area (Å²) in [6.07, 6.45) is 0. The maximum Gasteiger partial charge on any atom is 0.255 e. The van der Waals surface area contributed by atoms with E-state index in [0.29, 0.717) is 24.4 Å². The summed E-state index contributed by atoms with van der Waals surface area (Å²) in [4.78, 5) is 24.8. The van der Waals surface area contributed by atoms with Crippen molar-refractivity contribution in [3.63, 3.8) is 0 Å². The van der Waals surface area contributed by atoms with Gasteiger partial charge < -0.3 is 21.1 Å². The predicted octanol–water partition coefficient (Wildman–Crippen LogP) is 1.58. The molecular weight excluding hydrogens is 330 g/mol. The Balaban J connectivity index is 0.00000529. The van der Waals surface area contributed by atoms with Crippen LogP contribution >= 0.6 is 12.4 Å². The molecule has 0 aliphatic carbocycles. The van der Waals surface area contributed by atoms with E-state index in [1.165, 1.54) is 7.11 Å². The van der Waals surface area contributed by atoms with Crippen LogP contribution in [0.2, 0.25) is 0 Å². The average Bonchev–Trinajstić information content (AvgIpc) is 2.56. The fraction of sp³-hybridized carbons (Fsp3) is 0.529. The van der Waals surface area contributed by atoms with Gasteiger partial charge in [-0.05, 0) is 30.5 Å². The quantitative estimate of drug-likeness (QED) is 0.658. The van der Waals surface area contributed by atoms with Crippen molar-refractivity contribution in [3.8, 4) is 5.75 Å². The van der Waals surface area contributed by atoms with Crippen molar-refractivity contribution >= 4 is 24.2 Å². The number of halogens is 1. The Morgan fingerprint density at radius 2 is 1.83 bits per heavy atom. The van der Waals surface area contributed by atoms with Crippen LogP contribution in [0, 0.1) is 11.8 Å². The molecule has 0 saturated carbocycles. The second kappa shape index (κ2) is 10.9. The maximum absolute atomic E-state index is 12.4. The lowest BCUT2D eigenvalue weighted by atomic mass is 10.0. The van der Waals surface area contributed by atoms with Gasteiger partial charge in [0.05, 0.1) is 12.7 Å². The molecule has 1 aromatic carbocycles. The lowest BCUT2D eigenvalue weighted by Crippen LogP contribution is -2.50. The van der Waals surface area contributed by atoms with E-state index in [4.69, 9.17) is 10.5 Å². The Kier molecular flexibility index (Phi) is 10.1. The lowest BCUT2D eigenvalue weighted by Gasteiger charge is -2.23. The molecular formula is C17H28ClN3O3. The number of carbonyl (C=O) groups is 2. The molecule has 2 amide bonds. The largest absolute Gasteiger partial charge is 0.496 e. The van der Waals surface area contributed by atoms with Gasteiger partial charge in [-0.3, -0.25) is 9.59 Å². The van der Waals surface area contributed by atoms with E-state index in [0.717, 1.165) is 0 Å². The van der Waals surface area contributed by atoms with Crippen LogP contribution in [-0.2, 0) is 4.79 Å². The second-order valence-electron chi connectivity index (χ2n) is 5.98. The first kappa shape index (κ1) is 22.2.